The van der Waals surface area contributed by atoms with E-state index >= 15 is 0 Å². The molecule has 80 valence electrons. The summed E-state index contributed by atoms with van der Waals surface area (Å²) >= 11 is 0. The zero-order valence-electron chi connectivity index (χ0n) is 8.27. The first kappa shape index (κ1) is 10.1. The predicted octanol–water partition coefficient (Wildman–Crippen LogP) is 0.612. The lowest BCUT2D eigenvalue weighted by molar-refractivity contribution is -0.0550. The second kappa shape index (κ2) is 3.64. The molecule has 0 amide bonds. The summed E-state index contributed by atoms with van der Waals surface area (Å²) in [6.07, 6.45) is 0. The molecule has 0 atom stereocenters. The Labute approximate surface area is 87.7 Å². The lowest BCUT2D eigenvalue weighted by atomic mass is 9.78. The summed E-state index contributed by atoms with van der Waals surface area (Å²) < 4.78 is 5.16. The number of hydrogen-bond donors (Lipinski definition) is 2. The molecule has 1 aromatic rings. The van der Waals surface area contributed by atoms with Gasteiger partial charge in [-0.25, -0.2) is 4.79 Å². The Kier molecular flexibility index (Phi) is 2.46. The second-order valence-corrected chi connectivity index (χ2v) is 3.86. The molecule has 0 aliphatic carbocycles. The molecule has 0 spiro atoms. The van der Waals surface area contributed by atoms with Gasteiger partial charge in [0.05, 0.1) is 24.2 Å². The van der Waals surface area contributed by atoms with Gasteiger partial charge in [0.2, 0.25) is 0 Å². The van der Waals surface area contributed by atoms with Crippen molar-refractivity contribution in [1.82, 2.24) is 0 Å². The van der Waals surface area contributed by atoms with Gasteiger partial charge in [-0.05, 0) is 17.7 Å². The number of carbonyl (C=O) groups is 1. The van der Waals surface area contributed by atoms with Crippen molar-refractivity contribution in [2.75, 3.05) is 19.8 Å². The molecule has 1 heterocycles. The Hall–Kier alpha value is -1.39. The van der Waals surface area contributed by atoms with E-state index in [0.717, 1.165) is 5.56 Å². The highest BCUT2D eigenvalue weighted by molar-refractivity contribution is 5.87. The van der Waals surface area contributed by atoms with Crippen LogP contribution in [0.5, 0.6) is 0 Å². The van der Waals surface area contributed by atoms with E-state index in [0.29, 0.717) is 25.3 Å². The van der Waals surface area contributed by atoms with Gasteiger partial charge in [-0.2, -0.15) is 0 Å². The summed E-state index contributed by atoms with van der Waals surface area (Å²) in [7, 11) is 0. The van der Waals surface area contributed by atoms with Crippen LogP contribution in [0.3, 0.4) is 0 Å². The monoisotopic (exact) mass is 207 g/mol. The molecule has 1 aliphatic rings. The summed E-state index contributed by atoms with van der Waals surface area (Å²) in [6, 6.07) is 6.91. The highest BCUT2D eigenvalue weighted by Gasteiger charge is 2.39. The molecule has 1 aromatic carbocycles. The molecule has 0 radical (unpaired) electrons. The first-order valence-corrected chi connectivity index (χ1v) is 4.80. The maximum atomic E-state index is 10.8. The summed E-state index contributed by atoms with van der Waals surface area (Å²) in [6.45, 7) is 1.63. The predicted molar refractivity (Wildman–Crippen MR) is 55.0 cm³/mol. The van der Waals surface area contributed by atoms with Crippen LogP contribution in [0.4, 0.5) is 0 Å². The lowest BCUT2D eigenvalue weighted by Gasteiger charge is -2.41. The maximum absolute atomic E-state index is 10.8. The number of aromatic carboxylic acids is 1. The van der Waals surface area contributed by atoms with Gasteiger partial charge in [0, 0.05) is 6.54 Å². The molecule has 0 aromatic heterocycles. The van der Waals surface area contributed by atoms with Crippen LogP contribution in [0, 0.1) is 0 Å². The summed E-state index contributed by atoms with van der Waals surface area (Å²) in [5.74, 6) is -0.913. The van der Waals surface area contributed by atoms with E-state index in [9.17, 15) is 4.79 Å². The Morgan fingerprint density at radius 2 is 2.27 bits per heavy atom. The van der Waals surface area contributed by atoms with E-state index in [2.05, 4.69) is 0 Å². The van der Waals surface area contributed by atoms with Gasteiger partial charge in [0.25, 0.3) is 0 Å². The first-order chi connectivity index (χ1) is 7.18. The van der Waals surface area contributed by atoms with Crippen molar-refractivity contribution in [1.29, 1.82) is 0 Å². The molecular formula is C11H13NO3. The van der Waals surface area contributed by atoms with Crippen molar-refractivity contribution < 1.29 is 14.6 Å². The fourth-order valence-corrected chi connectivity index (χ4v) is 1.73. The highest BCUT2D eigenvalue weighted by Crippen LogP contribution is 2.31. The number of carboxylic acids is 1. The van der Waals surface area contributed by atoms with Crippen molar-refractivity contribution >= 4 is 5.97 Å². The van der Waals surface area contributed by atoms with Crippen molar-refractivity contribution in [3.63, 3.8) is 0 Å². The fourth-order valence-electron chi connectivity index (χ4n) is 1.73. The van der Waals surface area contributed by atoms with Crippen molar-refractivity contribution in [3.05, 3.63) is 35.4 Å². The average Bonchev–Trinajstić information content (AvgIpc) is 2.17. The topological polar surface area (TPSA) is 72.6 Å². The van der Waals surface area contributed by atoms with Gasteiger partial charge in [-0.15, -0.1) is 0 Å². The SMILES string of the molecule is NCC1(c2cccc(C(=O)O)c2)COC1. The minimum Gasteiger partial charge on any atom is -0.478 e. The number of benzene rings is 1. The van der Waals surface area contributed by atoms with Gasteiger partial charge in [0.1, 0.15) is 0 Å². The van der Waals surface area contributed by atoms with Crippen LogP contribution in [-0.4, -0.2) is 30.8 Å². The van der Waals surface area contributed by atoms with E-state index < -0.39 is 5.97 Å². The molecule has 0 bridgehead atoms. The zero-order chi connectivity index (χ0) is 10.9. The molecular weight excluding hydrogens is 194 g/mol. The highest BCUT2D eigenvalue weighted by atomic mass is 16.5. The standard InChI is InChI=1S/C11H13NO3/c12-5-11(6-15-7-11)9-3-1-2-8(4-9)10(13)14/h1-4H,5-7,12H2,(H,13,14). The van der Waals surface area contributed by atoms with Crippen LogP contribution in [0.15, 0.2) is 24.3 Å². The summed E-state index contributed by atoms with van der Waals surface area (Å²) in [5.41, 5.74) is 6.78. The Balaban J connectivity index is 2.35. The van der Waals surface area contributed by atoms with Crippen LogP contribution in [-0.2, 0) is 10.2 Å². The first-order valence-electron chi connectivity index (χ1n) is 4.80. The van der Waals surface area contributed by atoms with Crippen molar-refractivity contribution in [2.24, 2.45) is 5.73 Å². The van der Waals surface area contributed by atoms with Gasteiger partial charge < -0.3 is 15.6 Å². The number of carboxylic acid groups (broad SMARTS) is 1. The largest absolute Gasteiger partial charge is 0.478 e. The molecule has 1 aliphatic heterocycles. The van der Waals surface area contributed by atoms with E-state index in [4.69, 9.17) is 15.6 Å². The number of ether oxygens (including phenoxy) is 1. The number of hydrogen-bond acceptors (Lipinski definition) is 3. The third-order valence-electron chi connectivity index (χ3n) is 2.87. The Morgan fingerprint density at radius 1 is 1.53 bits per heavy atom. The van der Waals surface area contributed by atoms with Gasteiger partial charge in [-0.1, -0.05) is 12.1 Å². The van der Waals surface area contributed by atoms with Gasteiger partial charge in [-0.3, -0.25) is 0 Å². The molecule has 15 heavy (non-hydrogen) atoms. The normalized spacial score (nSPS) is 18.2. The van der Waals surface area contributed by atoms with Crippen LogP contribution >= 0.6 is 0 Å². The molecule has 2 rings (SSSR count). The van der Waals surface area contributed by atoms with Crippen molar-refractivity contribution in [3.8, 4) is 0 Å². The Bertz CT molecular complexity index is 380. The summed E-state index contributed by atoms with van der Waals surface area (Å²) in [4.78, 5) is 10.8. The third-order valence-corrected chi connectivity index (χ3v) is 2.87. The van der Waals surface area contributed by atoms with Crippen LogP contribution < -0.4 is 5.73 Å². The van der Waals surface area contributed by atoms with E-state index in [1.807, 2.05) is 6.07 Å². The fraction of sp³-hybridized carbons (Fsp3) is 0.364. The number of nitrogens with two attached hydrogens (primary N) is 1. The molecule has 4 nitrogen and oxygen atoms in total. The third kappa shape index (κ3) is 1.62. The van der Waals surface area contributed by atoms with E-state index in [-0.39, 0.29) is 5.41 Å². The van der Waals surface area contributed by atoms with Gasteiger partial charge in [0.15, 0.2) is 0 Å². The summed E-state index contributed by atoms with van der Waals surface area (Å²) in [5, 5.41) is 8.88. The van der Waals surface area contributed by atoms with E-state index in [1.54, 1.807) is 18.2 Å². The van der Waals surface area contributed by atoms with Crippen LogP contribution in [0.1, 0.15) is 15.9 Å². The molecule has 4 heteroatoms. The molecule has 3 N–H and O–H groups in total. The average molecular weight is 207 g/mol. The maximum Gasteiger partial charge on any atom is 0.335 e. The molecule has 1 saturated heterocycles. The smallest absolute Gasteiger partial charge is 0.335 e. The van der Waals surface area contributed by atoms with Crippen molar-refractivity contribution in [2.45, 2.75) is 5.41 Å². The Morgan fingerprint density at radius 3 is 2.73 bits per heavy atom. The van der Waals surface area contributed by atoms with Gasteiger partial charge >= 0.3 is 5.97 Å². The van der Waals surface area contributed by atoms with E-state index in [1.165, 1.54) is 0 Å². The molecule has 0 unspecified atom stereocenters. The van der Waals surface area contributed by atoms with Crippen LogP contribution in [0.25, 0.3) is 0 Å². The second-order valence-electron chi connectivity index (χ2n) is 3.86. The molecule has 1 fully saturated rings. The minimum atomic E-state index is -0.913. The molecule has 0 saturated carbocycles. The quantitative estimate of drug-likeness (QED) is 0.761. The zero-order valence-corrected chi connectivity index (χ0v) is 8.27. The minimum absolute atomic E-state index is 0.175. The van der Waals surface area contributed by atoms with Crippen LogP contribution in [0.2, 0.25) is 0 Å². The number of rotatable bonds is 3. The lowest BCUT2D eigenvalue weighted by Crippen LogP contribution is -2.52.